The van der Waals surface area contributed by atoms with E-state index >= 15 is 0 Å². The molecule has 0 unspecified atom stereocenters. The van der Waals surface area contributed by atoms with Gasteiger partial charge in [0.05, 0.1) is 38.8 Å². The Morgan fingerprint density at radius 2 is 0.600 bits per heavy atom. The minimum atomic E-state index is -3.17. The monoisotopic (exact) mass is 838 g/mol. The average molecular weight is 839 g/mol. The second-order valence-electron chi connectivity index (χ2n) is 16.9. The highest BCUT2D eigenvalue weighted by Gasteiger charge is 2.38. The number of benzene rings is 6. The molecule has 6 nitrogen and oxygen atoms in total. The Kier molecular flexibility index (Phi) is 11.6. The van der Waals surface area contributed by atoms with E-state index in [1.807, 2.05) is 52.0 Å². The van der Waals surface area contributed by atoms with E-state index in [1.165, 1.54) is 55.6 Å². The van der Waals surface area contributed by atoms with Gasteiger partial charge in [0, 0.05) is 10.8 Å². The van der Waals surface area contributed by atoms with Gasteiger partial charge in [-0.3, -0.25) is 9.13 Å². The van der Waals surface area contributed by atoms with E-state index in [0.717, 1.165) is 33.4 Å². The van der Waals surface area contributed by atoms with E-state index in [2.05, 4.69) is 125 Å². The van der Waals surface area contributed by atoms with Crippen LogP contribution in [0.25, 0.3) is 55.6 Å². The Labute approximate surface area is 356 Å². The van der Waals surface area contributed by atoms with E-state index < -0.39 is 15.2 Å². The van der Waals surface area contributed by atoms with E-state index in [9.17, 15) is 9.13 Å². The molecule has 0 atom stereocenters. The van der Waals surface area contributed by atoms with Crippen LogP contribution in [0.2, 0.25) is 0 Å². The molecule has 310 valence electrons. The zero-order valence-corrected chi connectivity index (χ0v) is 37.9. The van der Waals surface area contributed by atoms with Crippen molar-refractivity contribution in [1.82, 2.24) is 0 Å². The van der Waals surface area contributed by atoms with Gasteiger partial charge < -0.3 is 18.1 Å². The van der Waals surface area contributed by atoms with Crippen LogP contribution in [0.1, 0.15) is 88.8 Å². The van der Waals surface area contributed by atoms with Crippen LogP contribution in [0.3, 0.4) is 0 Å². The van der Waals surface area contributed by atoms with E-state index in [0.29, 0.717) is 26.4 Å². The maximum absolute atomic E-state index is 13.1. The van der Waals surface area contributed by atoms with Crippen molar-refractivity contribution in [2.45, 2.75) is 78.5 Å². The fourth-order valence-corrected chi connectivity index (χ4v) is 12.7. The molecule has 0 aromatic heterocycles. The molecule has 0 spiro atoms. The fourth-order valence-electron chi connectivity index (χ4n) is 9.29. The van der Waals surface area contributed by atoms with E-state index in [1.54, 1.807) is 0 Å². The molecule has 8 heteroatoms. The molecule has 0 amide bonds. The second kappa shape index (κ2) is 16.5. The summed E-state index contributed by atoms with van der Waals surface area (Å²) in [5.74, 6) is 0. The van der Waals surface area contributed by atoms with Gasteiger partial charge in [-0.2, -0.15) is 0 Å². The van der Waals surface area contributed by atoms with Crippen LogP contribution in [0.5, 0.6) is 0 Å². The third kappa shape index (κ3) is 7.84. The van der Waals surface area contributed by atoms with Crippen molar-refractivity contribution >= 4 is 15.2 Å². The van der Waals surface area contributed by atoms with Gasteiger partial charge >= 0.3 is 15.2 Å². The Morgan fingerprint density at radius 1 is 0.367 bits per heavy atom. The third-order valence-corrected chi connectivity index (χ3v) is 16.4. The van der Waals surface area contributed by atoms with Crippen molar-refractivity contribution < 1.29 is 27.2 Å². The summed E-state index contributed by atoms with van der Waals surface area (Å²) in [7, 11) is -6.35. The molecule has 60 heavy (non-hydrogen) atoms. The molecular weight excluding hydrogens is 783 g/mol. The van der Waals surface area contributed by atoms with Crippen molar-refractivity contribution in [3.63, 3.8) is 0 Å². The van der Waals surface area contributed by atoms with Gasteiger partial charge in [0.1, 0.15) is 0 Å². The van der Waals surface area contributed by atoms with Gasteiger partial charge in [0.2, 0.25) is 0 Å². The summed E-state index contributed by atoms with van der Waals surface area (Å²) in [6, 6.07) is 44.2. The molecule has 0 aliphatic heterocycles. The van der Waals surface area contributed by atoms with E-state index in [-0.39, 0.29) is 23.2 Å². The predicted molar refractivity (Wildman–Crippen MR) is 247 cm³/mol. The summed E-state index contributed by atoms with van der Waals surface area (Å²) in [4.78, 5) is 0. The van der Waals surface area contributed by atoms with Crippen molar-refractivity contribution in [3.05, 3.63) is 155 Å². The minimum absolute atomic E-state index is 0.189. The SMILES string of the molecule is CCOP(=O)(Cc1ccc(-c2ccc3c(c2)C(C)(C)c2cc(-c4ccc5c(c4)C(C)(C)c4cc(-c6ccc(CP(=O)(OCC)OCC)cc6)ccc4-5)ccc2-3)cc1)OCC. The summed E-state index contributed by atoms with van der Waals surface area (Å²) in [5.41, 5.74) is 18.9. The van der Waals surface area contributed by atoms with Crippen LogP contribution in [0.15, 0.2) is 121 Å². The molecule has 0 N–H and O–H groups in total. The van der Waals surface area contributed by atoms with Gasteiger partial charge in [0.15, 0.2) is 0 Å². The highest BCUT2D eigenvalue weighted by molar-refractivity contribution is 7.53. The molecule has 0 saturated carbocycles. The zero-order valence-electron chi connectivity index (χ0n) is 36.1. The van der Waals surface area contributed by atoms with Gasteiger partial charge in [-0.25, -0.2) is 0 Å². The van der Waals surface area contributed by atoms with Crippen molar-refractivity contribution in [2.75, 3.05) is 26.4 Å². The molecule has 0 saturated heterocycles. The molecular formula is C52H56O6P2. The molecule has 8 rings (SSSR count). The predicted octanol–water partition coefficient (Wildman–Crippen LogP) is 14.8. The molecule has 0 heterocycles. The van der Waals surface area contributed by atoms with Crippen LogP contribution in [-0.2, 0) is 50.4 Å². The largest absolute Gasteiger partial charge is 0.335 e. The first-order chi connectivity index (χ1) is 28.7. The first-order valence-electron chi connectivity index (χ1n) is 21.3. The van der Waals surface area contributed by atoms with Crippen LogP contribution >= 0.6 is 15.2 Å². The highest BCUT2D eigenvalue weighted by Crippen LogP contribution is 2.55. The Balaban J connectivity index is 1.03. The smallest absolute Gasteiger partial charge is 0.309 e. The van der Waals surface area contributed by atoms with Gasteiger partial charge in [0.25, 0.3) is 0 Å². The molecule has 6 aromatic carbocycles. The maximum Gasteiger partial charge on any atom is 0.335 e. The molecule has 2 aliphatic carbocycles. The topological polar surface area (TPSA) is 71.1 Å². The normalized spacial score (nSPS) is 14.7. The molecule has 0 bridgehead atoms. The Hall–Kier alpha value is -4.38. The molecule has 6 aromatic rings. The third-order valence-electron chi connectivity index (χ3n) is 12.3. The lowest BCUT2D eigenvalue weighted by Crippen LogP contribution is -2.15. The average Bonchev–Trinajstić information content (AvgIpc) is 3.59. The number of rotatable bonds is 15. The van der Waals surface area contributed by atoms with Gasteiger partial charge in [-0.15, -0.1) is 0 Å². The van der Waals surface area contributed by atoms with Crippen molar-refractivity contribution in [3.8, 4) is 55.6 Å². The van der Waals surface area contributed by atoms with Crippen molar-refractivity contribution in [2.24, 2.45) is 0 Å². The summed E-state index contributed by atoms with van der Waals surface area (Å²) in [5, 5.41) is 0. The number of hydrogen-bond acceptors (Lipinski definition) is 6. The van der Waals surface area contributed by atoms with Gasteiger partial charge in [-0.05, 0) is 141 Å². The standard InChI is InChI=1S/C52H56O6P2/c1-9-55-59(53,56-10-2)33-35-13-17-37(18-14-35)39-21-25-43-45-27-23-41(31-49(45)51(5,6)47(43)29-39)42-24-28-46-44-26-22-40(30-48(44)52(7,8)50(46)32-42)38-19-15-36(16-20-38)34-60(54,57-11-3)58-12-4/h13-32H,9-12,33-34H2,1-8H3. The summed E-state index contributed by atoms with van der Waals surface area (Å²) in [6.45, 7) is 18.1. The first kappa shape index (κ1) is 42.3. The fraction of sp³-hybridized carbons (Fsp3) is 0.308. The molecule has 0 radical (unpaired) electrons. The van der Waals surface area contributed by atoms with E-state index in [4.69, 9.17) is 18.1 Å². The lowest BCUT2D eigenvalue weighted by molar-refractivity contribution is 0.218. The minimum Gasteiger partial charge on any atom is -0.309 e. The lowest BCUT2D eigenvalue weighted by atomic mass is 9.79. The second-order valence-corrected chi connectivity index (χ2v) is 21.0. The highest BCUT2D eigenvalue weighted by atomic mass is 31.2. The first-order valence-corrected chi connectivity index (χ1v) is 24.7. The zero-order chi connectivity index (χ0) is 42.5. The number of hydrogen-bond donors (Lipinski definition) is 0. The Morgan fingerprint density at radius 3 is 0.850 bits per heavy atom. The quantitative estimate of drug-likeness (QED) is 0.0960. The Bertz CT molecular complexity index is 2460. The van der Waals surface area contributed by atoms with Gasteiger partial charge in [-0.1, -0.05) is 125 Å². The van der Waals surface area contributed by atoms with Crippen molar-refractivity contribution in [1.29, 1.82) is 0 Å². The lowest BCUT2D eigenvalue weighted by Gasteiger charge is -2.24. The summed E-state index contributed by atoms with van der Waals surface area (Å²) >= 11 is 0. The van der Waals surface area contributed by atoms with Crippen LogP contribution in [-0.4, -0.2) is 26.4 Å². The van der Waals surface area contributed by atoms with Crippen LogP contribution in [0.4, 0.5) is 0 Å². The summed E-state index contributed by atoms with van der Waals surface area (Å²) in [6.07, 6.45) is 0.516. The van der Waals surface area contributed by atoms with Crippen LogP contribution in [0, 0.1) is 0 Å². The number of fused-ring (bicyclic) bond motifs is 6. The van der Waals surface area contributed by atoms with Crippen LogP contribution < -0.4 is 0 Å². The summed E-state index contributed by atoms with van der Waals surface area (Å²) < 4.78 is 48.4. The molecule has 2 aliphatic rings. The molecule has 0 fully saturated rings. The maximum atomic E-state index is 13.1.